The maximum Gasteiger partial charge on any atom is 1.00 e. The SMILES string of the molecule is O=S(=O)([O-])C(O)c1cccc(I)c1.[Na+]. The number of hydrogen-bond acceptors (Lipinski definition) is 4. The fourth-order valence-electron chi connectivity index (χ4n) is 0.827. The third-order valence-corrected chi connectivity index (χ3v) is 2.90. The van der Waals surface area contributed by atoms with Crippen LogP contribution in [0.25, 0.3) is 0 Å². The molecule has 0 radical (unpaired) electrons. The van der Waals surface area contributed by atoms with Gasteiger partial charge in [0.05, 0.1) is 0 Å². The molecule has 0 aliphatic carbocycles. The van der Waals surface area contributed by atoms with E-state index >= 15 is 0 Å². The summed E-state index contributed by atoms with van der Waals surface area (Å²) in [6, 6.07) is 6.14. The van der Waals surface area contributed by atoms with Crippen LogP contribution in [-0.2, 0) is 10.1 Å². The summed E-state index contributed by atoms with van der Waals surface area (Å²) in [4.78, 5) is 0. The molecular formula is C7H6INaO4S. The van der Waals surface area contributed by atoms with Gasteiger partial charge in [0.2, 0.25) is 0 Å². The number of aliphatic hydroxyl groups excluding tert-OH is 1. The van der Waals surface area contributed by atoms with Gasteiger partial charge in [0.15, 0.2) is 5.44 Å². The Hall–Kier alpha value is 0.820. The number of rotatable bonds is 2. The number of aliphatic hydroxyl groups is 1. The van der Waals surface area contributed by atoms with Crippen molar-refractivity contribution >= 4 is 32.7 Å². The molecule has 0 aliphatic heterocycles. The predicted molar refractivity (Wildman–Crippen MR) is 53.8 cm³/mol. The fraction of sp³-hybridized carbons (Fsp3) is 0.143. The second-order valence-corrected chi connectivity index (χ2v) is 5.08. The van der Waals surface area contributed by atoms with E-state index < -0.39 is 15.6 Å². The van der Waals surface area contributed by atoms with Crippen LogP contribution in [0.1, 0.15) is 11.0 Å². The molecule has 0 fully saturated rings. The van der Waals surface area contributed by atoms with Gasteiger partial charge in [-0.2, -0.15) is 0 Å². The summed E-state index contributed by atoms with van der Waals surface area (Å²) in [6.45, 7) is 0. The van der Waals surface area contributed by atoms with Crippen LogP contribution in [0.5, 0.6) is 0 Å². The molecule has 0 spiro atoms. The van der Waals surface area contributed by atoms with Crippen molar-refractivity contribution in [3.63, 3.8) is 0 Å². The summed E-state index contributed by atoms with van der Waals surface area (Å²) in [5, 5.41) is 9.08. The second kappa shape index (κ2) is 5.78. The monoisotopic (exact) mass is 336 g/mol. The molecule has 1 aromatic carbocycles. The number of benzene rings is 1. The molecule has 0 amide bonds. The normalized spacial score (nSPS) is 13.1. The van der Waals surface area contributed by atoms with Gasteiger partial charge in [-0.25, -0.2) is 8.42 Å². The van der Waals surface area contributed by atoms with Gasteiger partial charge in [0, 0.05) is 3.57 Å². The van der Waals surface area contributed by atoms with E-state index in [9.17, 15) is 13.0 Å². The summed E-state index contributed by atoms with van der Waals surface area (Å²) < 4.78 is 32.1. The first-order chi connectivity index (χ1) is 5.91. The molecular weight excluding hydrogens is 330 g/mol. The minimum absolute atomic E-state index is 0. The Morgan fingerprint density at radius 2 is 2.00 bits per heavy atom. The largest absolute Gasteiger partial charge is 1.00 e. The van der Waals surface area contributed by atoms with Crippen molar-refractivity contribution in [1.29, 1.82) is 0 Å². The first-order valence-electron chi connectivity index (χ1n) is 3.29. The zero-order valence-corrected chi connectivity index (χ0v) is 12.3. The molecule has 0 aromatic heterocycles. The van der Waals surface area contributed by atoms with Crippen molar-refractivity contribution in [3.8, 4) is 0 Å². The van der Waals surface area contributed by atoms with E-state index in [4.69, 9.17) is 5.11 Å². The van der Waals surface area contributed by atoms with Crippen LogP contribution in [-0.4, -0.2) is 18.1 Å². The Labute approximate surface area is 118 Å². The van der Waals surface area contributed by atoms with E-state index in [1.54, 1.807) is 12.1 Å². The van der Waals surface area contributed by atoms with Crippen molar-refractivity contribution in [2.75, 3.05) is 0 Å². The fourth-order valence-corrected chi connectivity index (χ4v) is 1.87. The van der Waals surface area contributed by atoms with Gasteiger partial charge in [0.25, 0.3) is 0 Å². The van der Waals surface area contributed by atoms with Crippen LogP contribution in [0.3, 0.4) is 0 Å². The van der Waals surface area contributed by atoms with Crippen LogP contribution >= 0.6 is 22.6 Å². The van der Waals surface area contributed by atoms with Gasteiger partial charge in [0.1, 0.15) is 10.1 Å². The average Bonchev–Trinajstić information content (AvgIpc) is 2.01. The summed E-state index contributed by atoms with van der Waals surface area (Å²) in [5.41, 5.74) is -1.87. The molecule has 0 heterocycles. The summed E-state index contributed by atoms with van der Waals surface area (Å²) in [6.07, 6.45) is 0. The van der Waals surface area contributed by atoms with Crippen LogP contribution in [0.2, 0.25) is 0 Å². The Bertz CT molecular complexity index is 406. The Balaban J connectivity index is 0.00000169. The van der Waals surface area contributed by atoms with Crippen molar-refractivity contribution in [2.45, 2.75) is 5.44 Å². The molecule has 0 bridgehead atoms. The molecule has 1 unspecified atom stereocenters. The molecule has 1 rings (SSSR count). The topological polar surface area (TPSA) is 77.4 Å². The molecule has 14 heavy (non-hydrogen) atoms. The molecule has 1 atom stereocenters. The minimum atomic E-state index is -4.67. The molecule has 72 valence electrons. The second-order valence-electron chi connectivity index (χ2n) is 2.40. The Morgan fingerprint density at radius 1 is 1.43 bits per heavy atom. The third-order valence-electron chi connectivity index (χ3n) is 1.41. The van der Waals surface area contributed by atoms with E-state index in [-0.39, 0.29) is 35.1 Å². The van der Waals surface area contributed by atoms with Crippen LogP contribution in [0, 0.1) is 3.57 Å². The van der Waals surface area contributed by atoms with E-state index in [1.165, 1.54) is 12.1 Å². The van der Waals surface area contributed by atoms with E-state index in [0.29, 0.717) is 0 Å². The van der Waals surface area contributed by atoms with Crippen LogP contribution in [0.15, 0.2) is 24.3 Å². The van der Waals surface area contributed by atoms with E-state index in [2.05, 4.69) is 0 Å². The standard InChI is InChI=1S/C7H7IO4S.Na/c8-6-3-1-2-5(4-6)7(9)13(10,11)12;/h1-4,7,9H,(H,10,11,12);/q;+1/p-1. The van der Waals surface area contributed by atoms with Crippen molar-refractivity contribution < 1.29 is 47.6 Å². The molecule has 1 N–H and O–H groups in total. The van der Waals surface area contributed by atoms with Gasteiger partial charge < -0.3 is 9.66 Å². The maximum atomic E-state index is 10.4. The van der Waals surface area contributed by atoms with Gasteiger partial charge in [-0.3, -0.25) is 0 Å². The number of hydrogen-bond donors (Lipinski definition) is 1. The molecule has 0 saturated carbocycles. The van der Waals surface area contributed by atoms with Crippen LogP contribution < -0.4 is 29.6 Å². The maximum absolute atomic E-state index is 10.4. The Kier molecular flexibility index (Phi) is 6.12. The van der Waals surface area contributed by atoms with Crippen molar-refractivity contribution in [1.82, 2.24) is 0 Å². The molecule has 0 saturated heterocycles. The van der Waals surface area contributed by atoms with Crippen molar-refractivity contribution in [2.24, 2.45) is 0 Å². The van der Waals surface area contributed by atoms with Gasteiger partial charge in [-0.15, -0.1) is 0 Å². The van der Waals surface area contributed by atoms with Gasteiger partial charge in [-0.05, 0) is 40.3 Å². The Morgan fingerprint density at radius 3 is 2.43 bits per heavy atom. The first-order valence-corrected chi connectivity index (χ1v) is 5.84. The minimum Gasteiger partial charge on any atom is -0.746 e. The van der Waals surface area contributed by atoms with Crippen molar-refractivity contribution in [3.05, 3.63) is 33.4 Å². The molecule has 0 aliphatic rings. The first kappa shape index (κ1) is 14.8. The quantitative estimate of drug-likeness (QED) is 0.379. The zero-order valence-electron chi connectivity index (χ0n) is 7.34. The van der Waals surface area contributed by atoms with E-state index in [1.807, 2.05) is 22.6 Å². The molecule has 1 aromatic rings. The van der Waals surface area contributed by atoms with E-state index in [0.717, 1.165) is 3.57 Å². The third kappa shape index (κ3) is 4.13. The molecule has 7 heteroatoms. The van der Waals surface area contributed by atoms with Gasteiger partial charge in [-0.1, -0.05) is 12.1 Å². The molecule has 4 nitrogen and oxygen atoms in total. The average molecular weight is 336 g/mol. The summed E-state index contributed by atoms with van der Waals surface area (Å²) >= 11 is 1.96. The summed E-state index contributed by atoms with van der Waals surface area (Å²) in [7, 11) is -4.67. The number of halogens is 1. The van der Waals surface area contributed by atoms with Crippen LogP contribution in [0.4, 0.5) is 0 Å². The predicted octanol–water partition coefficient (Wildman–Crippen LogP) is -2.17. The summed E-state index contributed by atoms with van der Waals surface area (Å²) in [5.74, 6) is 0. The van der Waals surface area contributed by atoms with Gasteiger partial charge >= 0.3 is 29.6 Å². The smallest absolute Gasteiger partial charge is 0.746 e. The zero-order chi connectivity index (χ0) is 10.1.